The lowest BCUT2D eigenvalue weighted by Crippen LogP contribution is -2.31. The lowest BCUT2D eigenvalue weighted by molar-refractivity contribution is 0.211. The third kappa shape index (κ3) is 6.12. The lowest BCUT2D eigenvalue weighted by atomic mass is 10.1. The van der Waals surface area contributed by atoms with Crippen molar-refractivity contribution in [3.63, 3.8) is 0 Å². The predicted molar refractivity (Wildman–Crippen MR) is 83.9 cm³/mol. The van der Waals surface area contributed by atoms with Gasteiger partial charge in [0.2, 0.25) is 0 Å². The molecule has 0 bridgehead atoms. The minimum atomic E-state index is -0.372. The largest absolute Gasteiger partial charge is 0.409 e. The van der Waals surface area contributed by atoms with Gasteiger partial charge in [-0.3, -0.25) is 4.90 Å². The van der Waals surface area contributed by atoms with Crippen molar-refractivity contribution in [2.75, 3.05) is 13.1 Å². The summed E-state index contributed by atoms with van der Waals surface area (Å²) < 4.78 is 13.7. The first-order valence-electron chi connectivity index (χ1n) is 7.31. The molecule has 21 heavy (non-hydrogen) atoms. The molecule has 118 valence electrons. The predicted octanol–water partition coefficient (Wildman–Crippen LogP) is 3.03. The zero-order valence-corrected chi connectivity index (χ0v) is 13.3. The Hall–Kier alpha value is -1.62. The molecule has 0 aliphatic rings. The van der Waals surface area contributed by atoms with Crippen LogP contribution >= 0.6 is 0 Å². The summed E-state index contributed by atoms with van der Waals surface area (Å²) in [5, 5.41) is 11.7. The third-order valence-corrected chi connectivity index (χ3v) is 3.01. The maximum atomic E-state index is 13.7. The van der Waals surface area contributed by atoms with Gasteiger partial charge in [0.25, 0.3) is 0 Å². The van der Waals surface area contributed by atoms with Crippen LogP contribution in [0.5, 0.6) is 0 Å². The van der Waals surface area contributed by atoms with E-state index in [1.165, 1.54) is 12.1 Å². The van der Waals surface area contributed by atoms with Crippen LogP contribution in [0.2, 0.25) is 0 Å². The fraction of sp³-hybridized carbons (Fsp3) is 0.562. The van der Waals surface area contributed by atoms with Crippen molar-refractivity contribution < 1.29 is 9.60 Å². The summed E-state index contributed by atoms with van der Waals surface area (Å²) >= 11 is 0. The highest BCUT2D eigenvalue weighted by atomic mass is 19.1. The summed E-state index contributed by atoms with van der Waals surface area (Å²) in [6, 6.07) is 4.54. The molecule has 1 aromatic carbocycles. The second-order valence-electron chi connectivity index (χ2n) is 6.32. The summed E-state index contributed by atoms with van der Waals surface area (Å²) in [5.74, 6) is 0.639. The molecule has 3 N–H and O–H groups in total. The van der Waals surface area contributed by atoms with Crippen molar-refractivity contribution in [1.82, 2.24) is 4.90 Å². The van der Waals surface area contributed by atoms with Crippen molar-refractivity contribution in [2.45, 2.75) is 34.2 Å². The van der Waals surface area contributed by atoms with Crippen LogP contribution in [0.25, 0.3) is 0 Å². The molecule has 0 aliphatic carbocycles. The minimum absolute atomic E-state index is 0.0741. The zero-order valence-electron chi connectivity index (χ0n) is 13.3. The average Bonchev–Trinajstić information content (AvgIpc) is 2.35. The van der Waals surface area contributed by atoms with Crippen molar-refractivity contribution in [3.8, 4) is 0 Å². The number of nitrogens with two attached hydrogens (primary N) is 1. The number of hydrogen-bond donors (Lipinski definition) is 2. The van der Waals surface area contributed by atoms with E-state index >= 15 is 0 Å². The van der Waals surface area contributed by atoms with E-state index < -0.39 is 0 Å². The van der Waals surface area contributed by atoms with Crippen LogP contribution in [0.4, 0.5) is 4.39 Å². The normalized spacial score (nSPS) is 12.7. The fourth-order valence-electron chi connectivity index (χ4n) is 2.44. The van der Waals surface area contributed by atoms with Crippen LogP contribution in [0.3, 0.4) is 0 Å². The first-order chi connectivity index (χ1) is 9.81. The number of halogens is 1. The van der Waals surface area contributed by atoms with Gasteiger partial charge >= 0.3 is 0 Å². The molecule has 0 aromatic heterocycles. The number of amidine groups is 1. The fourth-order valence-corrected chi connectivity index (χ4v) is 2.44. The number of benzene rings is 1. The molecule has 4 nitrogen and oxygen atoms in total. The Morgan fingerprint density at radius 3 is 2.24 bits per heavy atom. The van der Waals surface area contributed by atoms with Gasteiger partial charge in [-0.05, 0) is 35.6 Å². The van der Waals surface area contributed by atoms with E-state index in [0.29, 0.717) is 23.9 Å². The molecule has 0 fully saturated rings. The van der Waals surface area contributed by atoms with Gasteiger partial charge in [0, 0.05) is 25.2 Å². The van der Waals surface area contributed by atoms with E-state index in [4.69, 9.17) is 10.9 Å². The van der Waals surface area contributed by atoms with E-state index in [-0.39, 0.29) is 11.7 Å². The van der Waals surface area contributed by atoms with Crippen molar-refractivity contribution in [1.29, 1.82) is 0 Å². The molecule has 0 aliphatic heterocycles. The molecule has 0 saturated heterocycles. The molecular weight excluding hydrogens is 269 g/mol. The second-order valence-corrected chi connectivity index (χ2v) is 6.32. The highest BCUT2D eigenvalue weighted by Gasteiger charge is 2.12. The van der Waals surface area contributed by atoms with Gasteiger partial charge < -0.3 is 10.9 Å². The Kier molecular flexibility index (Phi) is 6.62. The zero-order chi connectivity index (χ0) is 16.0. The molecule has 1 aromatic rings. The maximum absolute atomic E-state index is 13.7. The first-order valence-corrected chi connectivity index (χ1v) is 7.31. The van der Waals surface area contributed by atoms with Gasteiger partial charge in [-0.15, -0.1) is 0 Å². The quantitative estimate of drug-likeness (QED) is 0.352. The van der Waals surface area contributed by atoms with Crippen molar-refractivity contribution in [3.05, 3.63) is 35.1 Å². The second kappa shape index (κ2) is 7.98. The summed E-state index contributed by atoms with van der Waals surface area (Å²) in [5.41, 5.74) is 6.78. The standard InChI is InChI=1S/C16H26FN3O/c1-11(2)8-20(9-12(3)4)10-13-5-14(16(18)19-21)7-15(17)6-13/h5-7,11-12,21H,8-10H2,1-4H3,(H2,18,19). The monoisotopic (exact) mass is 295 g/mol. The number of rotatable bonds is 7. The Bertz CT molecular complexity index is 476. The first kappa shape index (κ1) is 17.4. The van der Waals surface area contributed by atoms with Crippen LogP contribution < -0.4 is 5.73 Å². The molecule has 0 saturated carbocycles. The molecule has 0 radical (unpaired) electrons. The SMILES string of the molecule is CC(C)CN(Cc1cc(F)cc(/C(N)=N/O)c1)CC(C)C. The maximum Gasteiger partial charge on any atom is 0.170 e. The van der Waals surface area contributed by atoms with Crippen LogP contribution in [0, 0.1) is 17.7 Å². The van der Waals surface area contributed by atoms with Crippen LogP contribution in [0.15, 0.2) is 23.4 Å². The third-order valence-electron chi connectivity index (χ3n) is 3.01. The number of nitrogens with zero attached hydrogens (tertiary/aromatic N) is 2. The lowest BCUT2D eigenvalue weighted by Gasteiger charge is -2.26. The molecule has 0 spiro atoms. The summed E-state index contributed by atoms with van der Waals surface area (Å²) in [6.07, 6.45) is 0. The summed E-state index contributed by atoms with van der Waals surface area (Å²) in [7, 11) is 0. The minimum Gasteiger partial charge on any atom is -0.409 e. The van der Waals surface area contributed by atoms with Crippen molar-refractivity contribution >= 4 is 5.84 Å². The van der Waals surface area contributed by atoms with Gasteiger partial charge in [0.1, 0.15) is 5.82 Å². The van der Waals surface area contributed by atoms with Gasteiger partial charge in [-0.1, -0.05) is 32.9 Å². The van der Waals surface area contributed by atoms with Crippen LogP contribution in [-0.2, 0) is 6.54 Å². The summed E-state index contributed by atoms with van der Waals surface area (Å²) in [4.78, 5) is 2.31. The Morgan fingerprint density at radius 2 is 1.76 bits per heavy atom. The molecule has 5 heteroatoms. The van der Waals surface area contributed by atoms with Crippen LogP contribution in [0.1, 0.15) is 38.8 Å². The topological polar surface area (TPSA) is 61.8 Å². The molecule has 0 amide bonds. The molecule has 1 rings (SSSR count). The van der Waals surface area contributed by atoms with E-state index in [1.54, 1.807) is 6.07 Å². The molecular formula is C16H26FN3O. The van der Waals surface area contributed by atoms with E-state index in [2.05, 4.69) is 37.8 Å². The summed E-state index contributed by atoms with van der Waals surface area (Å²) in [6.45, 7) is 11.2. The van der Waals surface area contributed by atoms with Gasteiger partial charge in [-0.2, -0.15) is 0 Å². The van der Waals surface area contributed by atoms with Gasteiger partial charge in [0.15, 0.2) is 5.84 Å². The number of oxime groups is 1. The highest BCUT2D eigenvalue weighted by molar-refractivity contribution is 5.97. The van der Waals surface area contributed by atoms with E-state index in [0.717, 1.165) is 18.7 Å². The van der Waals surface area contributed by atoms with E-state index in [9.17, 15) is 4.39 Å². The van der Waals surface area contributed by atoms with Gasteiger partial charge in [-0.25, -0.2) is 4.39 Å². The Balaban J connectivity index is 2.94. The molecule has 0 unspecified atom stereocenters. The highest BCUT2D eigenvalue weighted by Crippen LogP contribution is 2.14. The van der Waals surface area contributed by atoms with Crippen LogP contribution in [-0.4, -0.2) is 29.0 Å². The van der Waals surface area contributed by atoms with Crippen molar-refractivity contribution in [2.24, 2.45) is 22.7 Å². The molecule has 0 heterocycles. The average molecular weight is 295 g/mol. The molecule has 0 atom stereocenters. The number of hydrogen-bond acceptors (Lipinski definition) is 3. The van der Waals surface area contributed by atoms with Gasteiger partial charge in [0.05, 0.1) is 0 Å². The smallest absolute Gasteiger partial charge is 0.170 e. The van der Waals surface area contributed by atoms with E-state index in [1.807, 2.05) is 0 Å². The Labute approximate surface area is 126 Å². The Morgan fingerprint density at radius 1 is 1.19 bits per heavy atom.